The monoisotopic (exact) mass is 302 g/mol. The van der Waals surface area contributed by atoms with Crippen LogP contribution in [0.1, 0.15) is 54.8 Å². The highest BCUT2D eigenvalue weighted by atomic mass is 16.3. The summed E-state index contributed by atoms with van der Waals surface area (Å²) in [5.41, 5.74) is 3.46. The number of hydrogen-bond donors (Lipinski definition) is 2. The number of benzene rings is 1. The van der Waals surface area contributed by atoms with Gasteiger partial charge < -0.3 is 10.4 Å². The summed E-state index contributed by atoms with van der Waals surface area (Å²) in [7, 11) is 0. The van der Waals surface area contributed by atoms with Gasteiger partial charge in [0.1, 0.15) is 5.75 Å². The summed E-state index contributed by atoms with van der Waals surface area (Å²) in [4.78, 5) is 2.68. The maximum absolute atomic E-state index is 10.1. The summed E-state index contributed by atoms with van der Waals surface area (Å²) < 4.78 is 0. The third-order valence-corrected chi connectivity index (χ3v) is 5.50. The summed E-state index contributed by atoms with van der Waals surface area (Å²) in [5, 5.41) is 13.6. The van der Waals surface area contributed by atoms with Crippen molar-refractivity contribution in [3.05, 3.63) is 28.8 Å². The van der Waals surface area contributed by atoms with E-state index in [2.05, 4.69) is 22.3 Å². The summed E-state index contributed by atoms with van der Waals surface area (Å²) in [6.45, 7) is 8.53. The molecular weight excluding hydrogens is 272 g/mol. The molecule has 122 valence electrons. The van der Waals surface area contributed by atoms with Gasteiger partial charge in [0.25, 0.3) is 0 Å². The van der Waals surface area contributed by atoms with Gasteiger partial charge in [0, 0.05) is 32.2 Å². The van der Waals surface area contributed by atoms with Crippen molar-refractivity contribution in [2.45, 2.75) is 52.0 Å². The van der Waals surface area contributed by atoms with Crippen LogP contribution in [0.2, 0.25) is 0 Å². The molecule has 0 bridgehead atoms. The molecule has 3 nitrogen and oxygen atoms in total. The summed E-state index contributed by atoms with van der Waals surface area (Å²) in [5.74, 6) is 1.24. The minimum absolute atomic E-state index is 0.464. The molecule has 0 amide bonds. The molecule has 0 radical (unpaired) electrons. The molecule has 3 rings (SSSR count). The molecule has 1 aromatic carbocycles. The quantitative estimate of drug-likeness (QED) is 0.896. The van der Waals surface area contributed by atoms with Gasteiger partial charge >= 0.3 is 0 Å². The topological polar surface area (TPSA) is 35.5 Å². The maximum Gasteiger partial charge on any atom is 0.121 e. The summed E-state index contributed by atoms with van der Waals surface area (Å²) >= 11 is 0. The van der Waals surface area contributed by atoms with Crippen LogP contribution in [-0.2, 0) is 0 Å². The van der Waals surface area contributed by atoms with E-state index in [-0.39, 0.29) is 0 Å². The fourth-order valence-corrected chi connectivity index (χ4v) is 4.35. The van der Waals surface area contributed by atoms with Crippen LogP contribution >= 0.6 is 0 Å². The second-order valence-electron chi connectivity index (χ2n) is 7.13. The third-order valence-electron chi connectivity index (χ3n) is 5.50. The first-order valence-corrected chi connectivity index (χ1v) is 8.91. The van der Waals surface area contributed by atoms with Crippen LogP contribution in [0, 0.1) is 19.8 Å². The van der Waals surface area contributed by atoms with Crippen LogP contribution in [-0.4, -0.2) is 36.2 Å². The van der Waals surface area contributed by atoms with Crippen molar-refractivity contribution in [3.63, 3.8) is 0 Å². The normalized spacial score (nSPS) is 22.6. The van der Waals surface area contributed by atoms with E-state index in [4.69, 9.17) is 0 Å². The van der Waals surface area contributed by atoms with E-state index in [9.17, 15) is 5.11 Å². The minimum atomic E-state index is 0.464. The second-order valence-corrected chi connectivity index (χ2v) is 7.13. The van der Waals surface area contributed by atoms with E-state index in [1.54, 1.807) is 0 Å². The first-order chi connectivity index (χ1) is 10.7. The Morgan fingerprint density at radius 3 is 2.23 bits per heavy atom. The molecule has 1 aliphatic carbocycles. The molecule has 1 saturated heterocycles. The van der Waals surface area contributed by atoms with Gasteiger partial charge in [-0.15, -0.1) is 0 Å². The average molecular weight is 302 g/mol. The molecule has 3 heteroatoms. The Kier molecular flexibility index (Phi) is 5.04. The lowest BCUT2D eigenvalue weighted by Crippen LogP contribution is -2.47. The summed E-state index contributed by atoms with van der Waals surface area (Å²) in [6.07, 6.45) is 6.87. The van der Waals surface area contributed by atoms with Gasteiger partial charge in [-0.05, 0) is 49.3 Å². The Morgan fingerprint density at radius 2 is 1.64 bits per heavy atom. The van der Waals surface area contributed by atoms with E-state index in [1.807, 2.05) is 13.8 Å². The zero-order valence-corrected chi connectivity index (χ0v) is 14.1. The molecule has 0 aromatic heterocycles. The molecule has 1 saturated carbocycles. The first-order valence-electron chi connectivity index (χ1n) is 8.91. The smallest absolute Gasteiger partial charge is 0.121 e. The van der Waals surface area contributed by atoms with Crippen LogP contribution in [0.4, 0.5) is 0 Å². The van der Waals surface area contributed by atoms with Gasteiger partial charge in [-0.25, -0.2) is 0 Å². The van der Waals surface area contributed by atoms with Crippen molar-refractivity contribution in [2.75, 3.05) is 26.2 Å². The number of aromatic hydroxyl groups is 1. The fourth-order valence-electron chi connectivity index (χ4n) is 4.35. The van der Waals surface area contributed by atoms with E-state index < -0.39 is 0 Å². The molecular formula is C19H30N2O. The highest BCUT2D eigenvalue weighted by Crippen LogP contribution is 2.40. The SMILES string of the molecule is Cc1cc([C@@H](C2CCCCC2)N2CCNCC2)cc(C)c1O. The van der Waals surface area contributed by atoms with Gasteiger partial charge in [-0.3, -0.25) is 4.90 Å². The number of nitrogens with one attached hydrogen (secondary N) is 1. The first kappa shape index (κ1) is 15.8. The zero-order chi connectivity index (χ0) is 15.5. The van der Waals surface area contributed by atoms with Crippen molar-refractivity contribution in [1.82, 2.24) is 10.2 Å². The van der Waals surface area contributed by atoms with E-state index >= 15 is 0 Å². The lowest BCUT2D eigenvalue weighted by atomic mass is 9.79. The summed E-state index contributed by atoms with van der Waals surface area (Å²) in [6, 6.07) is 4.98. The maximum atomic E-state index is 10.1. The van der Waals surface area contributed by atoms with Crippen molar-refractivity contribution in [2.24, 2.45) is 5.92 Å². The Bertz CT molecular complexity index is 461. The average Bonchev–Trinajstić information content (AvgIpc) is 2.55. The highest BCUT2D eigenvalue weighted by Gasteiger charge is 2.31. The van der Waals surface area contributed by atoms with Crippen molar-refractivity contribution < 1.29 is 5.11 Å². The molecule has 0 spiro atoms. The second kappa shape index (κ2) is 7.01. The van der Waals surface area contributed by atoms with E-state index in [1.165, 1.54) is 37.7 Å². The molecule has 2 aliphatic rings. The van der Waals surface area contributed by atoms with Crippen molar-refractivity contribution in [1.29, 1.82) is 0 Å². The third kappa shape index (κ3) is 3.31. The van der Waals surface area contributed by atoms with Gasteiger partial charge in [-0.2, -0.15) is 0 Å². The van der Waals surface area contributed by atoms with Gasteiger partial charge in [0.05, 0.1) is 0 Å². The van der Waals surface area contributed by atoms with Gasteiger partial charge in [-0.1, -0.05) is 31.4 Å². The fraction of sp³-hybridized carbons (Fsp3) is 0.684. The predicted octanol–water partition coefficient (Wildman–Crippen LogP) is 3.54. The van der Waals surface area contributed by atoms with Crippen molar-refractivity contribution >= 4 is 0 Å². The van der Waals surface area contributed by atoms with Gasteiger partial charge in [0.15, 0.2) is 0 Å². The number of phenols is 1. The molecule has 2 N–H and O–H groups in total. The molecule has 0 unspecified atom stereocenters. The number of rotatable bonds is 3. The predicted molar refractivity (Wildman–Crippen MR) is 91.3 cm³/mol. The lowest BCUT2D eigenvalue weighted by Gasteiger charge is -2.41. The lowest BCUT2D eigenvalue weighted by molar-refractivity contribution is 0.103. The number of piperazine rings is 1. The highest BCUT2D eigenvalue weighted by molar-refractivity contribution is 5.43. The molecule has 1 aliphatic heterocycles. The Balaban J connectivity index is 1.92. The van der Waals surface area contributed by atoms with Crippen LogP contribution in [0.5, 0.6) is 5.75 Å². The molecule has 2 fully saturated rings. The van der Waals surface area contributed by atoms with Gasteiger partial charge in [0.2, 0.25) is 0 Å². The molecule has 1 aromatic rings. The molecule has 22 heavy (non-hydrogen) atoms. The minimum Gasteiger partial charge on any atom is -0.507 e. The molecule has 1 atom stereocenters. The van der Waals surface area contributed by atoms with E-state index in [0.717, 1.165) is 43.2 Å². The number of phenolic OH excluding ortho intramolecular Hbond substituents is 1. The molecule has 1 heterocycles. The zero-order valence-electron chi connectivity index (χ0n) is 14.1. The van der Waals surface area contributed by atoms with E-state index in [0.29, 0.717) is 11.8 Å². The van der Waals surface area contributed by atoms with Crippen LogP contribution in [0.3, 0.4) is 0 Å². The van der Waals surface area contributed by atoms with Crippen molar-refractivity contribution in [3.8, 4) is 5.75 Å². The number of hydrogen-bond acceptors (Lipinski definition) is 3. The Hall–Kier alpha value is -1.06. The standard InChI is InChI=1S/C19H30N2O/c1-14-12-17(13-15(2)19(14)22)18(16-6-4-3-5-7-16)21-10-8-20-9-11-21/h12-13,16,18,20,22H,3-11H2,1-2H3/t18-/m1/s1. The van der Waals surface area contributed by atoms with Crippen LogP contribution in [0.25, 0.3) is 0 Å². The Morgan fingerprint density at radius 1 is 1.05 bits per heavy atom. The Labute approximate surface area is 134 Å². The number of nitrogens with zero attached hydrogens (tertiary/aromatic N) is 1. The van der Waals surface area contributed by atoms with Crippen LogP contribution in [0.15, 0.2) is 12.1 Å². The number of aryl methyl sites for hydroxylation is 2. The van der Waals surface area contributed by atoms with Crippen LogP contribution < -0.4 is 5.32 Å². The largest absolute Gasteiger partial charge is 0.507 e.